The Kier molecular flexibility index (Phi) is 18.9. The zero-order chi connectivity index (χ0) is 16.5. The highest BCUT2D eigenvalue weighted by Gasteiger charge is 1.96. The predicted octanol–water partition coefficient (Wildman–Crippen LogP) is 5.38. The van der Waals surface area contributed by atoms with E-state index < -0.39 is 5.97 Å². The summed E-state index contributed by atoms with van der Waals surface area (Å²) in [6.45, 7) is 10.8. The van der Waals surface area contributed by atoms with Crippen LogP contribution in [0.1, 0.15) is 98.8 Å². The van der Waals surface area contributed by atoms with Crippen LogP contribution in [0.2, 0.25) is 0 Å². The molecule has 0 aliphatic heterocycles. The Labute approximate surface area is 132 Å². The first-order chi connectivity index (χ1) is 9.90. The minimum atomic E-state index is -0.659. The third kappa shape index (κ3) is 28.3. The Morgan fingerprint density at radius 2 is 1.19 bits per heavy atom. The van der Waals surface area contributed by atoms with Crippen molar-refractivity contribution in [2.45, 2.75) is 111 Å². The van der Waals surface area contributed by atoms with Gasteiger partial charge < -0.3 is 10.4 Å². The first kappa shape index (κ1) is 22.7. The molecule has 0 bridgehead atoms. The van der Waals surface area contributed by atoms with Crippen molar-refractivity contribution in [1.82, 2.24) is 5.32 Å². The van der Waals surface area contributed by atoms with Gasteiger partial charge in [0, 0.05) is 18.5 Å². The Morgan fingerprint density at radius 3 is 1.48 bits per heavy atom. The van der Waals surface area contributed by atoms with Gasteiger partial charge >= 0.3 is 5.97 Å². The van der Waals surface area contributed by atoms with Gasteiger partial charge in [-0.05, 0) is 6.42 Å². The van der Waals surface area contributed by atoms with Crippen molar-refractivity contribution in [2.24, 2.45) is 0 Å². The van der Waals surface area contributed by atoms with Crippen molar-refractivity contribution < 1.29 is 9.90 Å². The summed E-state index contributed by atoms with van der Waals surface area (Å²) < 4.78 is 0. The summed E-state index contributed by atoms with van der Waals surface area (Å²) in [5.74, 6) is -0.659. The van der Waals surface area contributed by atoms with Crippen LogP contribution >= 0.6 is 0 Å². The van der Waals surface area contributed by atoms with E-state index >= 15 is 0 Å². The van der Waals surface area contributed by atoms with Gasteiger partial charge in [0.05, 0.1) is 0 Å². The summed E-state index contributed by atoms with van der Waals surface area (Å²) in [6.07, 6.45) is 11.5. The van der Waals surface area contributed by atoms with Gasteiger partial charge in [0.1, 0.15) is 0 Å². The molecule has 0 spiro atoms. The minimum absolute atomic E-state index is 0.343. The summed E-state index contributed by atoms with van der Waals surface area (Å²) >= 11 is 0. The quantitative estimate of drug-likeness (QED) is 0.475. The van der Waals surface area contributed by atoms with Gasteiger partial charge in [-0.25, -0.2) is 0 Å². The molecule has 0 aromatic heterocycles. The number of rotatable bonds is 12. The average molecular weight is 302 g/mol. The first-order valence-electron chi connectivity index (χ1n) is 8.88. The molecular formula is C18H39NO2. The van der Waals surface area contributed by atoms with Crippen molar-refractivity contribution in [3.63, 3.8) is 0 Å². The fourth-order valence-electron chi connectivity index (χ4n) is 2.25. The molecule has 0 radical (unpaired) electrons. The van der Waals surface area contributed by atoms with E-state index in [1.54, 1.807) is 0 Å². The standard InChI is InChI=1S/C12H24O2.C6H15N/c1-2-3-4-5-6-7-8-9-10-11-12(13)14;1-5(2)7-6(3)4/h2-11H2,1H3,(H,13,14);5-7H,1-4H3. The number of carboxylic acids is 1. The highest BCUT2D eigenvalue weighted by Crippen LogP contribution is 2.10. The fraction of sp³-hybridized carbons (Fsp3) is 0.944. The normalized spacial score (nSPS) is 10.6. The van der Waals surface area contributed by atoms with Crippen LogP contribution in [0.5, 0.6) is 0 Å². The van der Waals surface area contributed by atoms with Crippen LogP contribution in [-0.2, 0) is 4.79 Å². The first-order valence-corrected chi connectivity index (χ1v) is 8.88. The van der Waals surface area contributed by atoms with Gasteiger partial charge in [0.15, 0.2) is 0 Å². The molecule has 0 aliphatic rings. The van der Waals surface area contributed by atoms with Crippen LogP contribution < -0.4 is 5.32 Å². The largest absolute Gasteiger partial charge is 0.481 e. The molecule has 0 fully saturated rings. The monoisotopic (exact) mass is 301 g/mol. The van der Waals surface area contributed by atoms with Crippen LogP contribution in [0.25, 0.3) is 0 Å². The number of unbranched alkanes of at least 4 members (excludes halogenated alkanes) is 8. The second kappa shape index (κ2) is 17.5. The second-order valence-corrected chi connectivity index (χ2v) is 6.45. The van der Waals surface area contributed by atoms with Crippen molar-refractivity contribution in [1.29, 1.82) is 0 Å². The Morgan fingerprint density at radius 1 is 0.810 bits per heavy atom. The molecule has 0 amide bonds. The molecule has 0 saturated heterocycles. The molecule has 21 heavy (non-hydrogen) atoms. The van der Waals surface area contributed by atoms with E-state index in [9.17, 15) is 4.79 Å². The molecule has 0 atom stereocenters. The SMILES string of the molecule is CC(C)NC(C)C.CCCCCCCCCCCC(=O)O. The molecule has 3 nitrogen and oxygen atoms in total. The van der Waals surface area contributed by atoms with Gasteiger partial charge in [-0.15, -0.1) is 0 Å². The lowest BCUT2D eigenvalue weighted by Gasteiger charge is -2.10. The number of aliphatic carboxylic acids is 1. The van der Waals surface area contributed by atoms with Crippen LogP contribution in [-0.4, -0.2) is 23.2 Å². The molecule has 0 aliphatic carbocycles. The summed E-state index contributed by atoms with van der Waals surface area (Å²) in [4.78, 5) is 10.2. The topological polar surface area (TPSA) is 49.3 Å². The van der Waals surface area contributed by atoms with Crippen molar-refractivity contribution in [3.8, 4) is 0 Å². The number of nitrogens with one attached hydrogen (secondary N) is 1. The molecule has 0 heterocycles. The van der Waals surface area contributed by atoms with Gasteiger partial charge in [-0.3, -0.25) is 4.79 Å². The number of carbonyl (C=O) groups is 1. The minimum Gasteiger partial charge on any atom is -0.481 e. The maximum Gasteiger partial charge on any atom is 0.303 e. The molecule has 128 valence electrons. The van der Waals surface area contributed by atoms with Gasteiger partial charge in [-0.1, -0.05) is 86.0 Å². The van der Waals surface area contributed by atoms with Gasteiger partial charge in [-0.2, -0.15) is 0 Å². The molecule has 0 unspecified atom stereocenters. The molecule has 3 heteroatoms. The van der Waals surface area contributed by atoms with Gasteiger partial charge in [0.2, 0.25) is 0 Å². The maximum atomic E-state index is 10.2. The van der Waals surface area contributed by atoms with E-state index in [0.717, 1.165) is 12.8 Å². The van der Waals surface area contributed by atoms with Crippen LogP contribution in [0, 0.1) is 0 Å². The summed E-state index contributed by atoms with van der Waals surface area (Å²) in [5.41, 5.74) is 0. The van der Waals surface area contributed by atoms with Crippen molar-refractivity contribution >= 4 is 5.97 Å². The molecular weight excluding hydrogens is 262 g/mol. The molecule has 2 N–H and O–H groups in total. The fourth-order valence-corrected chi connectivity index (χ4v) is 2.25. The second-order valence-electron chi connectivity index (χ2n) is 6.45. The highest BCUT2D eigenvalue weighted by molar-refractivity contribution is 5.66. The number of hydrogen-bond acceptors (Lipinski definition) is 2. The summed E-state index contributed by atoms with van der Waals surface area (Å²) in [7, 11) is 0. The smallest absolute Gasteiger partial charge is 0.303 e. The average Bonchev–Trinajstić information content (AvgIpc) is 2.35. The maximum absolute atomic E-state index is 10.2. The Hall–Kier alpha value is -0.570. The van der Waals surface area contributed by atoms with Crippen LogP contribution in [0.15, 0.2) is 0 Å². The zero-order valence-corrected chi connectivity index (χ0v) is 15.1. The predicted molar refractivity (Wildman–Crippen MR) is 92.9 cm³/mol. The summed E-state index contributed by atoms with van der Waals surface area (Å²) in [5, 5.41) is 11.7. The van der Waals surface area contributed by atoms with Crippen molar-refractivity contribution in [3.05, 3.63) is 0 Å². The molecule has 0 aromatic rings. The lowest BCUT2D eigenvalue weighted by molar-refractivity contribution is -0.137. The van der Waals surface area contributed by atoms with Crippen LogP contribution in [0.4, 0.5) is 0 Å². The molecule has 0 aromatic carbocycles. The van der Waals surface area contributed by atoms with Crippen LogP contribution in [0.3, 0.4) is 0 Å². The molecule has 0 saturated carbocycles. The van der Waals surface area contributed by atoms with Crippen molar-refractivity contribution in [2.75, 3.05) is 0 Å². The summed E-state index contributed by atoms with van der Waals surface area (Å²) in [6, 6.07) is 1.25. The number of carboxylic acid groups (broad SMARTS) is 1. The number of hydrogen-bond donors (Lipinski definition) is 2. The lowest BCUT2D eigenvalue weighted by atomic mass is 10.1. The van der Waals surface area contributed by atoms with E-state index in [0.29, 0.717) is 18.5 Å². The third-order valence-electron chi connectivity index (χ3n) is 3.16. The van der Waals surface area contributed by atoms with E-state index in [2.05, 4.69) is 39.9 Å². The lowest BCUT2D eigenvalue weighted by Crippen LogP contribution is -2.29. The van der Waals surface area contributed by atoms with E-state index in [1.807, 2.05) is 0 Å². The Bertz CT molecular complexity index is 209. The molecule has 0 rings (SSSR count). The van der Waals surface area contributed by atoms with E-state index in [1.165, 1.54) is 44.9 Å². The third-order valence-corrected chi connectivity index (χ3v) is 3.16. The van der Waals surface area contributed by atoms with E-state index in [4.69, 9.17) is 5.11 Å². The highest BCUT2D eigenvalue weighted by atomic mass is 16.4. The van der Waals surface area contributed by atoms with Gasteiger partial charge in [0.25, 0.3) is 0 Å². The van der Waals surface area contributed by atoms with E-state index in [-0.39, 0.29) is 0 Å². The zero-order valence-electron chi connectivity index (χ0n) is 15.1. The Balaban J connectivity index is 0.